The summed E-state index contributed by atoms with van der Waals surface area (Å²) in [6, 6.07) is 13.7. The molecule has 138 valence electrons. The number of amides is 2. The van der Waals surface area contributed by atoms with Gasteiger partial charge in [-0.3, -0.25) is 10.1 Å². The fraction of sp³-hybridized carbons (Fsp3) is 0.222. The molecular formula is C18H18Cl2N2O4. The zero-order valence-corrected chi connectivity index (χ0v) is 15.5. The fourth-order valence-corrected chi connectivity index (χ4v) is 2.22. The van der Waals surface area contributed by atoms with E-state index in [-0.39, 0.29) is 19.1 Å². The SMILES string of the molecule is C[C@H](CNC(=O)COc1ccccc1)OC(=O)Nc1ccc(Cl)c(Cl)c1. The van der Waals surface area contributed by atoms with Gasteiger partial charge in [-0.1, -0.05) is 41.4 Å². The molecule has 0 spiro atoms. The van der Waals surface area contributed by atoms with Crippen LogP contribution >= 0.6 is 23.2 Å². The van der Waals surface area contributed by atoms with Crippen LogP contribution in [0.3, 0.4) is 0 Å². The largest absolute Gasteiger partial charge is 0.484 e. The zero-order valence-electron chi connectivity index (χ0n) is 14.0. The van der Waals surface area contributed by atoms with E-state index in [2.05, 4.69) is 10.6 Å². The molecule has 8 heteroatoms. The molecule has 0 saturated carbocycles. The molecule has 2 aromatic rings. The maximum absolute atomic E-state index is 11.8. The van der Waals surface area contributed by atoms with Gasteiger partial charge in [-0.15, -0.1) is 0 Å². The zero-order chi connectivity index (χ0) is 18.9. The summed E-state index contributed by atoms with van der Waals surface area (Å²) < 4.78 is 10.5. The Bertz CT molecular complexity index is 756. The number of rotatable bonds is 7. The summed E-state index contributed by atoms with van der Waals surface area (Å²) in [5.41, 5.74) is 0.455. The highest BCUT2D eigenvalue weighted by Gasteiger charge is 2.12. The van der Waals surface area contributed by atoms with Crippen molar-refractivity contribution in [1.29, 1.82) is 0 Å². The predicted molar refractivity (Wildman–Crippen MR) is 101 cm³/mol. The summed E-state index contributed by atoms with van der Waals surface area (Å²) in [5, 5.41) is 5.88. The van der Waals surface area contributed by atoms with Crippen LogP contribution < -0.4 is 15.4 Å². The predicted octanol–water partition coefficient (Wildman–Crippen LogP) is 4.13. The van der Waals surface area contributed by atoms with Gasteiger partial charge < -0.3 is 14.8 Å². The average molecular weight is 397 g/mol. The van der Waals surface area contributed by atoms with Gasteiger partial charge in [0.15, 0.2) is 6.61 Å². The number of carbonyl (C=O) groups excluding carboxylic acids is 2. The highest BCUT2D eigenvalue weighted by molar-refractivity contribution is 6.42. The van der Waals surface area contributed by atoms with Crippen molar-refractivity contribution in [3.63, 3.8) is 0 Å². The highest BCUT2D eigenvalue weighted by atomic mass is 35.5. The normalized spacial score (nSPS) is 11.3. The summed E-state index contributed by atoms with van der Waals surface area (Å²) in [7, 11) is 0. The first-order chi connectivity index (χ1) is 12.4. The maximum Gasteiger partial charge on any atom is 0.411 e. The van der Waals surface area contributed by atoms with E-state index in [1.807, 2.05) is 18.2 Å². The molecule has 0 bridgehead atoms. The lowest BCUT2D eigenvalue weighted by Gasteiger charge is -2.15. The minimum atomic E-state index is -0.661. The Labute approximate surface area is 161 Å². The number of anilines is 1. The Morgan fingerprint density at radius 3 is 2.50 bits per heavy atom. The molecule has 0 aliphatic carbocycles. The van der Waals surface area contributed by atoms with Crippen molar-refractivity contribution in [2.24, 2.45) is 0 Å². The van der Waals surface area contributed by atoms with Crippen LogP contribution in [0.15, 0.2) is 48.5 Å². The van der Waals surface area contributed by atoms with Crippen LogP contribution in [0.25, 0.3) is 0 Å². The van der Waals surface area contributed by atoms with Crippen molar-refractivity contribution >= 4 is 40.9 Å². The first kappa shape index (κ1) is 19.9. The third-order valence-corrected chi connectivity index (χ3v) is 3.91. The Balaban J connectivity index is 1.68. The van der Waals surface area contributed by atoms with Crippen LogP contribution in [0.2, 0.25) is 10.0 Å². The van der Waals surface area contributed by atoms with E-state index in [4.69, 9.17) is 32.7 Å². The second-order valence-corrected chi connectivity index (χ2v) is 6.19. The molecule has 2 amide bonds. The van der Waals surface area contributed by atoms with Crippen LogP contribution in [0.1, 0.15) is 6.92 Å². The molecule has 0 fully saturated rings. The number of carbonyl (C=O) groups is 2. The summed E-state index contributed by atoms with van der Waals surface area (Å²) in [5.74, 6) is 0.294. The number of ether oxygens (including phenoxy) is 2. The number of hydrogen-bond donors (Lipinski definition) is 2. The molecule has 2 N–H and O–H groups in total. The molecule has 2 aromatic carbocycles. The van der Waals surface area contributed by atoms with E-state index in [1.54, 1.807) is 31.2 Å². The standard InChI is InChI=1S/C18H18Cl2N2O4/c1-12(10-21-17(23)11-25-14-5-3-2-4-6-14)26-18(24)22-13-7-8-15(19)16(20)9-13/h2-9,12H,10-11H2,1H3,(H,21,23)(H,22,24)/t12-/m1/s1. The smallest absolute Gasteiger partial charge is 0.411 e. The quantitative estimate of drug-likeness (QED) is 0.737. The third-order valence-electron chi connectivity index (χ3n) is 3.17. The number of nitrogens with one attached hydrogen (secondary N) is 2. The van der Waals surface area contributed by atoms with E-state index in [0.717, 1.165) is 0 Å². The van der Waals surface area contributed by atoms with Crippen LogP contribution in [-0.4, -0.2) is 31.3 Å². The molecular weight excluding hydrogens is 379 g/mol. The monoisotopic (exact) mass is 396 g/mol. The molecule has 1 atom stereocenters. The summed E-state index contributed by atoms with van der Waals surface area (Å²) >= 11 is 11.7. The molecule has 0 saturated heterocycles. The van der Waals surface area contributed by atoms with E-state index < -0.39 is 12.2 Å². The Morgan fingerprint density at radius 2 is 1.81 bits per heavy atom. The second-order valence-electron chi connectivity index (χ2n) is 5.38. The van der Waals surface area contributed by atoms with Gasteiger partial charge in [0.05, 0.1) is 16.6 Å². The van der Waals surface area contributed by atoms with Crippen molar-refractivity contribution in [3.05, 3.63) is 58.6 Å². The van der Waals surface area contributed by atoms with Crippen LogP contribution in [-0.2, 0) is 9.53 Å². The Hall–Kier alpha value is -2.44. The Kier molecular flexibility index (Phi) is 7.56. The van der Waals surface area contributed by atoms with Gasteiger partial charge >= 0.3 is 6.09 Å². The van der Waals surface area contributed by atoms with E-state index >= 15 is 0 Å². The van der Waals surface area contributed by atoms with Gasteiger partial charge in [-0.25, -0.2) is 4.79 Å². The highest BCUT2D eigenvalue weighted by Crippen LogP contribution is 2.25. The molecule has 6 nitrogen and oxygen atoms in total. The number of para-hydroxylation sites is 1. The third kappa shape index (κ3) is 6.82. The number of halogens is 2. The first-order valence-corrected chi connectivity index (χ1v) is 8.57. The summed E-state index contributed by atoms with van der Waals surface area (Å²) in [4.78, 5) is 23.6. The van der Waals surface area contributed by atoms with Gasteiger partial charge in [-0.2, -0.15) is 0 Å². The molecule has 0 heterocycles. The fourth-order valence-electron chi connectivity index (χ4n) is 1.92. The molecule has 2 rings (SSSR count). The Morgan fingerprint density at radius 1 is 1.08 bits per heavy atom. The lowest BCUT2D eigenvalue weighted by atomic mass is 10.3. The topological polar surface area (TPSA) is 76.7 Å². The first-order valence-electron chi connectivity index (χ1n) is 7.81. The van der Waals surface area contributed by atoms with Crippen LogP contribution in [0.5, 0.6) is 5.75 Å². The van der Waals surface area contributed by atoms with Gasteiger partial charge in [0.2, 0.25) is 0 Å². The van der Waals surface area contributed by atoms with Gasteiger partial charge in [0.25, 0.3) is 5.91 Å². The van der Waals surface area contributed by atoms with Gasteiger partial charge in [0, 0.05) is 5.69 Å². The second kappa shape index (κ2) is 9.89. The van der Waals surface area contributed by atoms with Crippen LogP contribution in [0.4, 0.5) is 10.5 Å². The summed E-state index contributed by atoms with van der Waals surface area (Å²) in [6.07, 6.45) is -1.19. The van der Waals surface area contributed by atoms with Gasteiger partial charge in [0.1, 0.15) is 11.9 Å². The van der Waals surface area contributed by atoms with Crippen molar-refractivity contribution in [2.45, 2.75) is 13.0 Å². The van der Waals surface area contributed by atoms with Crippen LogP contribution in [0, 0.1) is 0 Å². The lowest BCUT2D eigenvalue weighted by molar-refractivity contribution is -0.123. The minimum absolute atomic E-state index is 0.119. The van der Waals surface area contributed by atoms with Crippen molar-refractivity contribution < 1.29 is 19.1 Å². The number of benzene rings is 2. The minimum Gasteiger partial charge on any atom is -0.484 e. The molecule has 0 aliphatic rings. The molecule has 26 heavy (non-hydrogen) atoms. The van der Waals surface area contributed by atoms with Crippen molar-refractivity contribution in [3.8, 4) is 5.75 Å². The number of hydrogen-bond acceptors (Lipinski definition) is 4. The lowest BCUT2D eigenvalue weighted by Crippen LogP contribution is -2.36. The molecule has 0 unspecified atom stereocenters. The molecule has 0 aliphatic heterocycles. The van der Waals surface area contributed by atoms with E-state index in [1.165, 1.54) is 6.07 Å². The van der Waals surface area contributed by atoms with Crippen molar-refractivity contribution in [2.75, 3.05) is 18.5 Å². The van der Waals surface area contributed by atoms with E-state index in [9.17, 15) is 9.59 Å². The van der Waals surface area contributed by atoms with Crippen molar-refractivity contribution in [1.82, 2.24) is 5.32 Å². The molecule has 0 aromatic heterocycles. The summed E-state index contributed by atoms with van der Waals surface area (Å²) in [6.45, 7) is 1.70. The maximum atomic E-state index is 11.8. The van der Waals surface area contributed by atoms with E-state index in [0.29, 0.717) is 21.5 Å². The average Bonchev–Trinajstić information content (AvgIpc) is 2.62. The van der Waals surface area contributed by atoms with Gasteiger partial charge in [-0.05, 0) is 37.3 Å². The molecule has 0 radical (unpaired) electrons.